The molecule has 4 heteroatoms. The van der Waals surface area contributed by atoms with Gasteiger partial charge >= 0.3 is 26.2 Å². The number of allylic oxidation sites excluding steroid dienone is 2. The van der Waals surface area contributed by atoms with Crippen molar-refractivity contribution in [1.82, 2.24) is 0 Å². The minimum atomic E-state index is -1.70. The number of fused-ring (bicyclic) bond motifs is 2. The van der Waals surface area contributed by atoms with Crippen molar-refractivity contribution in [2.24, 2.45) is 0 Å². The molecule has 0 fully saturated rings. The molecule has 2 aliphatic rings. The molecule has 0 saturated heterocycles. The molecule has 2 aliphatic carbocycles. The number of benzene rings is 2. The van der Waals surface area contributed by atoms with Gasteiger partial charge in [0.15, 0.2) is 0 Å². The molecule has 0 saturated carbocycles. The fourth-order valence-electron chi connectivity index (χ4n) is 5.41. The van der Waals surface area contributed by atoms with E-state index >= 15 is 0 Å². The number of rotatable bonds is 6. The second kappa shape index (κ2) is 11.5. The summed E-state index contributed by atoms with van der Waals surface area (Å²) < 4.78 is 0. The van der Waals surface area contributed by atoms with Crippen LogP contribution in [0.5, 0.6) is 0 Å². The average molecular weight is 533 g/mol. The van der Waals surface area contributed by atoms with Gasteiger partial charge in [-0.2, -0.15) is 12.8 Å². The van der Waals surface area contributed by atoms with E-state index in [4.69, 9.17) is 0 Å². The Morgan fingerprint density at radius 3 is 1.43 bits per heavy atom. The normalized spacial score (nSPS) is 18.5. The standard InChI is InChI=1S/C26H30Si.2ClH.Zr/c1-5-25(23-17-15-19-11-7-9-13-21(19)23)27(3,4)26(6-2)24-18-16-20-12-8-10-14-22(20)24;;;/h7-18,23-24H,5-6H2,1-4H3;2*1H;/q-2;;;+4/p-2. The summed E-state index contributed by atoms with van der Waals surface area (Å²) >= 11 is 0. The van der Waals surface area contributed by atoms with E-state index in [1.807, 2.05) is 0 Å². The molecular weight excluding hydrogens is 503 g/mol. The zero-order valence-electron chi connectivity index (χ0n) is 18.3. The third-order valence-corrected chi connectivity index (χ3v) is 11.3. The minimum Gasteiger partial charge on any atom is -1.00 e. The van der Waals surface area contributed by atoms with Crippen molar-refractivity contribution in [1.29, 1.82) is 0 Å². The van der Waals surface area contributed by atoms with Crippen LogP contribution in [0.15, 0.2) is 60.7 Å². The molecule has 30 heavy (non-hydrogen) atoms. The zero-order chi connectivity index (χ0) is 19.0. The summed E-state index contributed by atoms with van der Waals surface area (Å²) in [4.78, 5) is 0. The van der Waals surface area contributed by atoms with Gasteiger partial charge < -0.3 is 35.9 Å². The molecule has 0 N–H and O–H groups in total. The van der Waals surface area contributed by atoms with Gasteiger partial charge in [0.05, 0.1) is 0 Å². The van der Waals surface area contributed by atoms with Crippen molar-refractivity contribution < 1.29 is 51.0 Å². The Balaban J connectivity index is 0.00000150. The Labute approximate surface area is 215 Å². The first-order valence-corrected chi connectivity index (χ1v) is 13.3. The van der Waals surface area contributed by atoms with Gasteiger partial charge in [-0.1, -0.05) is 85.7 Å². The van der Waals surface area contributed by atoms with Crippen LogP contribution in [0.3, 0.4) is 0 Å². The summed E-state index contributed by atoms with van der Waals surface area (Å²) in [6.45, 7) is 9.91. The maximum Gasteiger partial charge on any atom is 4.00 e. The fraction of sp³-hybridized carbons (Fsp3) is 0.308. The van der Waals surface area contributed by atoms with Gasteiger partial charge in [-0.3, -0.25) is 0 Å². The van der Waals surface area contributed by atoms with Crippen molar-refractivity contribution in [3.63, 3.8) is 0 Å². The molecule has 2 atom stereocenters. The Bertz CT molecular complexity index is 819. The van der Waals surface area contributed by atoms with Crippen LogP contribution in [-0.2, 0) is 26.2 Å². The topological polar surface area (TPSA) is 0 Å². The van der Waals surface area contributed by atoms with Crippen molar-refractivity contribution in [2.45, 2.75) is 51.6 Å². The molecule has 156 valence electrons. The molecule has 4 rings (SSSR count). The molecule has 0 radical (unpaired) electrons. The first-order chi connectivity index (χ1) is 13.1. The third kappa shape index (κ3) is 4.83. The second-order valence-corrected chi connectivity index (χ2v) is 12.8. The molecule has 2 unspecified atom stereocenters. The molecular formula is C26H30Cl2SiZr. The smallest absolute Gasteiger partial charge is 1.00 e. The summed E-state index contributed by atoms with van der Waals surface area (Å²) in [6.07, 6.45) is 11.9. The van der Waals surface area contributed by atoms with E-state index in [-0.39, 0.29) is 51.0 Å². The zero-order valence-corrected chi connectivity index (χ0v) is 23.2. The van der Waals surface area contributed by atoms with Crippen LogP contribution < -0.4 is 24.8 Å². The second-order valence-electron chi connectivity index (χ2n) is 8.31. The SMILES string of the molecule is CC[C-](C1C=Cc2ccccc21)[Si](C)(C)[C-](CC)C1C=Cc2ccccc21.[Cl-].[Cl-].[Zr+4]. The monoisotopic (exact) mass is 530 g/mol. The predicted octanol–water partition coefficient (Wildman–Crippen LogP) is 1.37. The van der Waals surface area contributed by atoms with Gasteiger partial charge in [0.1, 0.15) is 0 Å². The molecule has 0 heterocycles. The molecule has 0 amide bonds. The fourth-order valence-corrected chi connectivity index (χ4v) is 9.65. The summed E-state index contributed by atoms with van der Waals surface area (Å²) in [5.74, 6) is 0.991. The van der Waals surface area contributed by atoms with Crippen LogP contribution in [0.25, 0.3) is 12.2 Å². The van der Waals surface area contributed by atoms with E-state index in [1.165, 1.54) is 35.1 Å². The number of hydrogen-bond acceptors (Lipinski definition) is 0. The molecule has 0 aromatic heterocycles. The van der Waals surface area contributed by atoms with E-state index < -0.39 is 8.07 Å². The maximum atomic E-state index is 2.59. The van der Waals surface area contributed by atoms with Gasteiger partial charge in [0.25, 0.3) is 0 Å². The average Bonchev–Trinajstić information content (AvgIpc) is 3.28. The van der Waals surface area contributed by atoms with Crippen LogP contribution in [0.1, 0.15) is 60.8 Å². The molecule has 0 spiro atoms. The van der Waals surface area contributed by atoms with Gasteiger partial charge in [-0.25, -0.2) is 8.07 Å². The molecule has 0 nitrogen and oxygen atoms in total. The van der Waals surface area contributed by atoms with E-state index in [1.54, 1.807) is 11.1 Å². The van der Waals surface area contributed by atoms with E-state index in [0.717, 1.165) is 0 Å². The third-order valence-electron chi connectivity index (χ3n) is 6.72. The van der Waals surface area contributed by atoms with Crippen LogP contribution >= 0.6 is 0 Å². The molecule has 2 aromatic rings. The Hall–Kier alpha value is -0.400. The van der Waals surface area contributed by atoms with Gasteiger partial charge in [-0.05, 0) is 11.1 Å². The quantitative estimate of drug-likeness (QED) is 0.390. The van der Waals surface area contributed by atoms with Crippen molar-refractivity contribution >= 4 is 20.2 Å². The molecule has 0 aliphatic heterocycles. The van der Waals surface area contributed by atoms with Crippen LogP contribution in [0.2, 0.25) is 13.1 Å². The van der Waals surface area contributed by atoms with Gasteiger partial charge in [0.2, 0.25) is 0 Å². The summed E-state index contributed by atoms with van der Waals surface area (Å²) in [6, 6.07) is 17.9. The maximum absolute atomic E-state index is 2.59. The van der Waals surface area contributed by atoms with E-state index in [0.29, 0.717) is 11.8 Å². The van der Waals surface area contributed by atoms with Gasteiger partial charge in [-0.15, -0.1) is 37.1 Å². The Morgan fingerprint density at radius 1 is 0.700 bits per heavy atom. The summed E-state index contributed by atoms with van der Waals surface area (Å²) in [7, 11) is -1.70. The van der Waals surface area contributed by atoms with Crippen LogP contribution in [-0.4, -0.2) is 8.07 Å². The first kappa shape index (κ1) is 27.6. The largest absolute Gasteiger partial charge is 4.00 e. The Morgan fingerprint density at radius 2 is 1.07 bits per heavy atom. The molecule has 2 aromatic carbocycles. The van der Waals surface area contributed by atoms with E-state index in [9.17, 15) is 0 Å². The van der Waals surface area contributed by atoms with Crippen LogP contribution in [0, 0.1) is 11.1 Å². The minimum absolute atomic E-state index is 0. The Kier molecular flexibility index (Phi) is 10.6. The predicted molar refractivity (Wildman–Crippen MR) is 121 cm³/mol. The summed E-state index contributed by atoms with van der Waals surface area (Å²) in [5.41, 5.74) is 9.38. The summed E-state index contributed by atoms with van der Waals surface area (Å²) in [5, 5.41) is 0. The molecule has 0 bridgehead atoms. The number of hydrogen-bond donors (Lipinski definition) is 0. The van der Waals surface area contributed by atoms with E-state index in [2.05, 4.69) is 99.8 Å². The van der Waals surface area contributed by atoms with Crippen molar-refractivity contribution in [3.05, 3.63) is 94.0 Å². The first-order valence-electron chi connectivity index (χ1n) is 10.3. The number of halogens is 2. The van der Waals surface area contributed by atoms with Crippen LogP contribution in [0.4, 0.5) is 0 Å². The van der Waals surface area contributed by atoms with Crippen molar-refractivity contribution in [2.75, 3.05) is 0 Å². The van der Waals surface area contributed by atoms with Gasteiger partial charge in [0, 0.05) is 0 Å². The van der Waals surface area contributed by atoms with Crippen molar-refractivity contribution in [3.8, 4) is 0 Å².